The Balaban J connectivity index is 2.09. The van der Waals surface area contributed by atoms with Crippen molar-refractivity contribution < 1.29 is 26.4 Å². The van der Waals surface area contributed by atoms with Gasteiger partial charge in [0.2, 0.25) is 0 Å². The van der Waals surface area contributed by atoms with Crippen LogP contribution in [-0.2, 0) is 10.0 Å². The highest BCUT2D eigenvalue weighted by Crippen LogP contribution is 2.25. The zero-order chi connectivity index (χ0) is 19.9. The van der Waals surface area contributed by atoms with Gasteiger partial charge in [-0.1, -0.05) is 32.1 Å². The maximum Gasteiger partial charge on any atom is 0.405 e. The number of hydrogen-bond donors (Lipinski definition) is 3. The molecule has 0 saturated heterocycles. The van der Waals surface area contributed by atoms with E-state index in [9.17, 15) is 26.4 Å². The summed E-state index contributed by atoms with van der Waals surface area (Å²) in [5, 5.41) is 4.65. The lowest BCUT2D eigenvalue weighted by molar-refractivity contribution is -0.122. The number of carbonyl (C=O) groups excluding carboxylic acids is 1. The van der Waals surface area contributed by atoms with Crippen molar-refractivity contribution in [2.24, 2.45) is 0 Å². The molecule has 0 aliphatic heterocycles. The zero-order valence-electron chi connectivity index (χ0n) is 14.7. The first-order valence-corrected chi connectivity index (χ1v) is 10.2. The molecular formula is C16H23F3N4O3S. The van der Waals surface area contributed by atoms with Gasteiger partial charge >= 0.3 is 12.2 Å². The summed E-state index contributed by atoms with van der Waals surface area (Å²) in [7, 11) is -4.38. The van der Waals surface area contributed by atoms with Gasteiger partial charge in [0.05, 0.1) is 5.69 Å². The fraction of sp³-hybridized carbons (Fsp3) is 0.625. The first-order valence-electron chi connectivity index (χ1n) is 8.75. The molecular weight excluding hydrogens is 385 g/mol. The number of nitrogens with one attached hydrogen (secondary N) is 3. The Morgan fingerprint density at radius 1 is 1.15 bits per heavy atom. The van der Waals surface area contributed by atoms with Crippen molar-refractivity contribution >= 4 is 21.7 Å². The maximum atomic E-state index is 12.4. The van der Waals surface area contributed by atoms with Gasteiger partial charge in [0.25, 0.3) is 10.0 Å². The standard InChI is InChI=1S/C16H23F3N4O3S/c17-16(18,19)11-21-15(24)23-27(25,26)14-10-20-9-8-13(14)22-12-6-4-2-1-3-5-7-12/h8-10,12H,1-7,11H2,(H,20,22)(H2,21,23,24). The molecule has 1 fully saturated rings. The fourth-order valence-electron chi connectivity index (χ4n) is 2.93. The van der Waals surface area contributed by atoms with Crippen LogP contribution in [0.5, 0.6) is 0 Å². The molecule has 0 aromatic carbocycles. The largest absolute Gasteiger partial charge is 0.405 e. The number of pyridine rings is 1. The van der Waals surface area contributed by atoms with Gasteiger partial charge in [-0.3, -0.25) is 4.98 Å². The van der Waals surface area contributed by atoms with E-state index in [0.717, 1.165) is 44.7 Å². The minimum absolute atomic E-state index is 0.0840. The van der Waals surface area contributed by atoms with E-state index >= 15 is 0 Å². The highest BCUT2D eigenvalue weighted by Gasteiger charge is 2.29. The van der Waals surface area contributed by atoms with Crippen molar-refractivity contribution in [2.75, 3.05) is 11.9 Å². The second kappa shape index (κ2) is 9.25. The summed E-state index contributed by atoms with van der Waals surface area (Å²) >= 11 is 0. The number of rotatable bonds is 5. The summed E-state index contributed by atoms with van der Waals surface area (Å²) < 4.78 is 62.9. The number of hydrogen-bond acceptors (Lipinski definition) is 5. The quantitative estimate of drug-likeness (QED) is 0.695. The number of urea groups is 1. The van der Waals surface area contributed by atoms with E-state index in [0.29, 0.717) is 0 Å². The smallest absolute Gasteiger partial charge is 0.381 e. The predicted octanol–water partition coefficient (Wildman–Crippen LogP) is 3.16. The average Bonchev–Trinajstić information content (AvgIpc) is 2.55. The molecule has 27 heavy (non-hydrogen) atoms. The monoisotopic (exact) mass is 408 g/mol. The first-order chi connectivity index (χ1) is 12.7. The van der Waals surface area contributed by atoms with Crippen LogP contribution in [0.25, 0.3) is 0 Å². The average molecular weight is 408 g/mol. The summed E-state index contributed by atoms with van der Waals surface area (Å²) in [4.78, 5) is 15.0. The van der Waals surface area contributed by atoms with Crippen molar-refractivity contribution in [1.29, 1.82) is 0 Å². The Labute approximate surface area is 156 Å². The van der Waals surface area contributed by atoms with E-state index in [1.54, 1.807) is 4.72 Å². The second-order valence-corrected chi connectivity index (χ2v) is 8.11. The lowest BCUT2D eigenvalue weighted by Gasteiger charge is -2.23. The molecule has 0 radical (unpaired) electrons. The molecule has 152 valence electrons. The molecule has 7 nitrogen and oxygen atoms in total. The normalized spacial score (nSPS) is 16.9. The number of halogens is 3. The molecule has 1 heterocycles. The van der Waals surface area contributed by atoms with Crippen LogP contribution in [-0.4, -0.2) is 38.2 Å². The molecule has 0 unspecified atom stereocenters. The third-order valence-electron chi connectivity index (χ3n) is 4.22. The van der Waals surface area contributed by atoms with Crippen molar-refractivity contribution in [3.8, 4) is 0 Å². The van der Waals surface area contributed by atoms with E-state index in [1.807, 2.05) is 0 Å². The fourth-order valence-corrected chi connectivity index (χ4v) is 3.97. The van der Waals surface area contributed by atoms with Crippen LogP contribution in [0.3, 0.4) is 0 Å². The summed E-state index contributed by atoms with van der Waals surface area (Å²) in [6.45, 7) is -1.63. The molecule has 1 aromatic rings. The SMILES string of the molecule is O=C(NCC(F)(F)F)NS(=O)(=O)c1cnccc1NC1CCCCCCC1. The van der Waals surface area contributed by atoms with Gasteiger partial charge < -0.3 is 10.6 Å². The van der Waals surface area contributed by atoms with Crippen molar-refractivity contribution in [1.82, 2.24) is 15.0 Å². The Bertz CT molecular complexity index is 733. The Hall–Kier alpha value is -2.04. The topological polar surface area (TPSA) is 100 Å². The van der Waals surface area contributed by atoms with Crippen LogP contribution in [0.15, 0.2) is 23.4 Å². The molecule has 11 heteroatoms. The number of amides is 2. The minimum Gasteiger partial charge on any atom is -0.381 e. The molecule has 1 aliphatic rings. The van der Waals surface area contributed by atoms with E-state index in [1.165, 1.54) is 24.0 Å². The summed E-state index contributed by atoms with van der Waals surface area (Å²) in [6.07, 6.45) is 5.12. The summed E-state index contributed by atoms with van der Waals surface area (Å²) in [6, 6.07) is 0.106. The van der Waals surface area contributed by atoms with Gasteiger partial charge in [-0.25, -0.2) is 17.9 Å². The van der Waals surface area contributed by atoms with Crippen LogP contribution >= 0.6 is 0 Å². The number of carbonyl (C=O) groups is 1. The van der Waals surface area contributed by atoms with E-state index < -0.39 is 28.8 Å². The first kappa shape index (κ1) is 21.3. The molecule has 1 aliphatic carbocycles. The lowest BCUT2D eigenvalue weighted by atomic mass is 9.96. The van der Waals surface area contributed by atoms with Crippen molar-refractivity contribution in [3.63, 3.8) is 0 Å². The molecule has 0 bridgehead atoms. The Morgan fingerprint density at radius 2 is 1.78 bits per heavy atom. The van der Waals surface area contributed by atoms with Gasteiger partial charge in [-0.05, 0) is 18.9 Å². The Kier molecular flexibility index (Phi) is 7.28. The highest BCUT2D eigenvalue weighted by molar-refractivity contribution is 7.90. The Morgan fingerprint density at radius 3 is 2.41 bits per heavy atom. The van der Waals surface area contributed by atoms with E-state index in [-0.39, 0.29) is 16.6 Å². The van der Waals surface area contributed by atoms with Crippen LogP contribution < -0.4 is 15.4 Å². The van der Waals surface area contributed by atoms with Gasteiger partial charge in [0.15, 0.2) is 0 Å². The maximum absolute atomic E-state index is 12.4. The lowest BCUT2D eigenvalue weighted by Crippen LogP contribution is -2.43. The van der Waals surface area contributed by atoms with Crippen molar-refractivity contribution in [2.45, 2.75) is 62.1 Å². The number of nitrogens with zero attached hydrogens (tertiary/aromatic N) is 1. The molecule has 0 atom stereocenters. The number of anilines is 1. The van der Waals surface area contributed by atoms with E-state index in [2.05, 4.69) is 10.3 Å². The van der Waals surface area contributed by atoms with E-state index in [4.69, 9.17) is 0 Å². The van der Waals surface area contributed by atoms with Gasteiger partial charge in [0, 0.05) is 18.4 Å². The second-order valence-electron chi connectivity index (χ2n) is 6.46. The number of alkyl halides is 3. The minimum atomic E-state index is -4.64. The van der Waals surface area contributed by atoms with Gasteiger partial charge in [-0.15, -0.1) is 0 Å². The third kappa shape index (κ3) is 7.24. The van der Waals surface area contributed by atoms with Crippen LogP contribution in [0.1, 0.15) is 44.9 Å². The highest BCUT2D eigenvalue weighted by atomic mass is 32.2. The number of aromatic nitrogens is 1. The van der Waals surface area contributed by atoms with Crippen molar-refractivity contribution in [3.05, 3.63) is 18.5 Å². The zero-order valence-corrected chi connectivity index (χ0v) is 15.5. The molecule has 2 amide bonds. The molecule has 0 spiro atoms. The summed E-state index contributed by atoms with van der Waals surface area (Å²) in [5.74, 6) is 0. The van der Waals surface area contributed by atoms with Gasteiger partial charge in [-0.2, -0.15) is 13.2 Å². The summed E-state index contributed by atoms with van der Waals surface area (Å²) in [5.41, 5.74) is 0.270. The third-order valence-corrected chi connectivity index (χ3v) is 5.57. The van der Waals surface area contributed by atoms with Crippen LogP contribution in [0.4, 0.5) is 23.7 Å². The van der Waals surface area contributed by atoms with Crippen LogP contribution in [0, 0.1) is 0 Å². The molecule has 1 saturated carbocycles. The molecule has 2 rings (SSSR count). The molecule has 1 aromatic heterocycles. The molecule has 3 N–H and O–H groups in total. The van der Waals surface area contributed by atoms with Crippen LogP contribution in [0.2, 0.25) is 0 Å². The number of sulfonamides is 1. The van der Waals surface area contributed by atoms with Gasteiger partial charge in [0.1, 0.15) is 11.4 Å². The predicted molar refractivity (Wildman–Crippen MR) is 93.7 cm³/mol.